The van der Waals surface area contributed by atoms with Crippen LogP contribution in [-0.2, 0) is 0 Å². The SMILES string of the molecule is C1=CC(n2c3ccccc3c3ccc(-c4ccc(-c5ccc(N(c6ccc(-c7ccc(-c8ccccc8)cc7)cc6)c6ccc(-c7ccc8c(c7)c7ccccc7n8-c7ccccc7)cc6)cc5)cc4)cc32)=CCC1. The first-order chi connectivity index (χ1) is 37.2. The van der Waals surface area contributed by atoms with E-state index in [2.05, 4.69) is 299 Å². The van der Waals surface area contributed by atoms with Crippen LogP contribution < -0.4 is 4.90 Å². The molecule has 0 amide bonds. The van der Waals surface area contributed by atoms with Crippen molar-refractivity contribution in [1.82, 2.24) is 9.13 Å². The summed E-state index contributed by atoms with van der Waals surface area (Å²) in [5.41, 5.74) is 22.5. The topological polar surface area (TPSA) is 13.1 Å². The zero-order chi connectivity index (χ0) is 49.7. The molecule has 0 atom stereocenters. The van der Waals surface area contributed by atoms with E-state index in [1.54, 1.807) is 0 Å². The van der Waals surface area contributed by atoms with E-state index < -0.39 is 0 Å². The maximum atomic E-state index is 2.43. The molecule has 3 nitrogen and oxygen atoms in total. The van der Waals surface area contributed by atoms with Gasteiger partial charge in [0.25, 0.3) is 0 Å². The Kier molecular flexibility index (Phi) is 11.0. The second kappa shape index (κ2) is 18.7. The lowest BCUT2D eigenvalue weighted by molar-refractivity contribution is 1.02. The van der Waals surface area contributed by atoms with Crippen LogP contribution in [0.2, 0.25) is 0 Å². The predicted octanol–water partition coefficient (Wildman–Crippen LogP) is 19.9. The lowest BCUT2D eigenvalue weighted by Crippen LogP contribution is -2.09. The van der Waals surface area contributed by atoms with E-state index in [-0.39, 0.29) is 0 Å². The van der Waals surface area contributed by atoms with Gasteiger partial charge in [0.05, 0.1) is 22.1 Å². The number of hydrogen-bond donors (Lipinski definition) is 0. The molecule has 2 heterocycles. The van der Waals surface area contributed by atoms with E-state index in [4.69, 9.17) is 0 Å². The third-order valence-electron chi connectivity index (χ3n) is 15.2. The maximum absolute atomic E-state index is 2.43. The first kappa shape index (κ1) is 44.0. The average Bonchev–Trinajstić information content (AvgIpc) is 4.01. The number of anilines is 3. The number of allylic oxidation sites excluding steroid dienone is 4. The van der Waals surface area contributed by atoms with Gasteiger partial charge in [-0.2, -0.15) is 0 Å². The number of fused-ring (bicyclic) bond motifs is 6. The van der Waals surface area contributed by atoms with Crippen LogP contribution in [0.3, 0.4) is 0 Å². The summed E-state index contributed by atoms with van der Waals surface area (Å²) in [6.07, 6.45) is 9.09. The average molecular weight is 958 g/mol. The van der Waals surface area contributed by atoms with Crippen LogP contribution in [-0.4, -0.2) is 9.13 Å². The Morgan fingerprint density at radius 2 is 0.653 bits per heavy atom. The fourth-order valence-corrected chi connectivity index (χ4v) is 11.4. The molecule has 13 aromatic rings. The smallest absolute Gasteiger partial charge is 0.0547 e. The van der Waals surface area contributed by atoms with Crippen molar-refractivity contribution in [2.45, 2.75) is 12.8 Å². The van der Waals surface area contributed by atoms with E-state index in [9.17, 15) is 0 Å². The van der Waals surface area contributed by atoms with Crippen molar-refractivity contribution < 1.29 is 0 Å². The van der Waals surface area contributed by atoms with Crippen molar-refractivity contribution in [3.05, 3.63) is 285 Å². The monoisotopic (exact) mass is 957 g/mol. The molecule has 1 aliphatic carbocycles. The number of nitrogens with zero attached hydrogens (tertiary/aromatic N) is 3. The van der Waals surface area contributed by atoms with E-state index in [0.717, 1.165) is 35.6 Å². The lowest BCUT2D eigenvalue weighted by atomic mass is 9.98. The molecule has 0 spiro atoms. The Hall–Kier alpha value is -9.70. The highest BCUT2D eigenvalue weighted by molar-refractivity contribution is 6.12. The van der Waals surface area contributed by atoms with Gasteiger partial charge < -0.3 is 14.0 Å². The van der Waals surface area contributed by atoms with Gasteiger partial charge in [0, 0.05) is 50.0 Å². The zero-order valence-corrected chi connectivity index (χ0v) is 41.4. The Bertz CT molecular complexity index is 4270. The molecule has 11 aromatic carbocycles. The number of benzene rings is 11. The minimum absolute atomic E-state index is 1.06. The molecule has 354 valence electrons. The van der Waals surface area contributed by atoms with Gasteiger partial charge in [-0.3, -0.25) is 0 Å². The third kappa shape index (κ3) is 8.03. The van der Waals surface area contributed by atoms with Gasteiger partial charge in [-0.05, 0) is 153 Å². The van der Waals surface area contributed by atoms with Crippen LogP contribution in [0.15, 0.2) is 285 Å². The molecule has 0 unspecified atom stereocenters. The molecular weight excluding hydrogens is 907 g/mol. The van der Waals surface area contributed by atoms with E-state index >= 15 is 0 Å². The molecule has 3 heteroatoms. The summed E-state index contributed by atoms with van der Waals surface area (Å²) in [6, 6.07) is 97.5. The van der Waals surface area contributed by atoms with Crippen molar-refractivity contribution in [3.63, 3.8) is 0 Å². The Balaban J connectivity index is 0.788. The fraction of sp³-hybridized carbons (Fsp3) is 0.0278. The number of aromatic nitrogens is 2. The van der Waals surface area contributed by atoms with Crippen LogP contribution in [0, 0.1) is 0 Å². The largest absolute Gasteiger partial charge is 0.311 e. The van der Waals surface area contributed by atoms with Crippen LogP contribution in [0.4, 0.5) is 17.1 Å². The summed E-state index contributed by atoms with van der Waals surface area (Å²) in [5, 5.41) is 5.06. The normalized spacial score (nSPS) is 12.5. The fourth-order valence-electron chi connectivity index (χ4n) is 11.4. The maximum Gasteiger partial charge on any atom is 0.0547 e. The van der Waals surface area contributed by atoms with Gasteiger partial charge in [0.1, 0.15) is 0 Å². The van der Waals surface area contributed by atoms with E-state index in [0.29, 0.717) is 0 Å². The van der Waals surface area contributed by atoms with Crippen molar-refractivity contribution in [1.29, 1.82) is 0 Å². The minimum atomic E-state index is 1.06. The van der Waals surface area contributed by atoms with Crippen LogP contribution in [0.1, 0.15) is 12.8 Å². The Morgan fingerprint density at radius 1 is 0.267 bits per heavy atom. The molecule has 0 N–H and O–H groups in total. The van der Waals surface area contributed by atoms with E-state index in [1.807, 2.05) is 0 Å². The van der Waals surface area contributed by atoms with Gasteiger partial charge in [-0.1, -0.05) is 200 Å². The van der Waals surface area contributed by atoms with Gasteiger partial charge in [0.15, 0.2) is 0 Å². The number of hydrogen-bond acceptors (Lipinski definition) is 1. The standard InChI is InChI=1S/C72H51N3/c1-4-14-50(15-5-1)51-24-26-52(27-25-51)54-32-40-62(41-33-54)73(64-44-36-57(37-45-64)58-39-47-71-68(48-58)66-21-11-13-23-70(66)74(71)60-16-6-2-7-17-60)63-42-34-55(35-43-63)53-28-30-56(31-29-53)59-38-46-67-65-20-10-12-22-69(65)75(72(67)49-59)61-18-8-3-9-19-61/h1-2,4-8,10-49H,3,9H2. The molecule has 0 bridgehead atoms. The Morgan fingerprint density at radius 3 is 1.19 bits per heavy atom. The number of para-hydroxylation sites is 3. The highest BCUT2D eigenvalue weighted by atomic mass is 15.1. The van der Waals surface area contributed by atoms with Crippen LogP contribution >= 0.6 is 0 Å². The van der Waals surface area contributed by atoms with E-state index in [1.165, 1.54) is 105 Å². The molecule has 0 aliphatic heterocycles. The summed E-state index contributed by atoms with van der Waals surface area (Å²) in [7, 11) is 0. The van der Waals surface area contributed by atoms with Crippen molar-refractivity contribution in [2.75, 3.05) is 4.90 Å². The summed E-state index contributed by atoms with van der Waals surface area (Å²) in [5.74, 6) is 0. The molecule has 75 heavy (non-hydrogen) atoms. The summed E-state index contributed by atoms with van der Waals surface area (Å²) in [6.45, 7) is 0. The molecule has 2 aromatic heterocycles. The van der Waals surface area contributed by atoms with Gasteiger partial charge in [-0.25, -0.2) is 0 Å². The molecule has 0 radical (unpaired) electrons. The van der Waals surface area contributed by atoms with Gasteiger partial charge in [-0.15, -0.1) is 0 Å². The highest BCUT2D eigenvalue weighted by Crippen LogP contribution is 2.41. The lowest BCUT2D eigenvalue weighted by Gasteiger charge is -2.26. The highest BCUT2D eigenvalue weighted by Gasteiger charge is 2.18. The molecule has 1 aliphatic rings. The van der Waals surface area contributed by atoms with Crippen molar-refractivity contribution in [3.8, 4) is 61.3 Å². The first-order valence-corrected chi connectivity index (χ1v) is 26.0. The second-order valence-corrected chi connectivity index (χ2v) is 19.6. The van der Waals surface area contributed by atoms with Crippen LogP contribution in [0.5, 0.6) is 0 Å². The molecule has 0 saturated carbocycles. The molecular formula is C72H51N3. The summed E-state index contributed by atoms with van der Waals surface area (Å²) < 4.78 is 4.81. The predicted molar refractivity (Wildman–Crippen MR) is 318 cm³/mol. The quantitative estimate of drug-likeness (QED) is 0.133. The second-order valence-electron chi connectivity index (χ2n) is 19.6. The molecule has 14 rings (SSSR count). The van der Waals surface area contributed by atoms with Crippen molar-refractivity contribution >= 4 is 66.4 Å². The number of rotatable bonds is 10. The van der Waals surface area contributed by atoms with Crippen molar-refractivity contribution in [2.24, 2.45) is 0 Å². The zero-order valence-electron chi connectivity index (χ0n) is 41.4. The van der Waals surface area contributed by atoms with Crippen LogP contribution in [0.25, 0.3) is 111 Å². The minimum Gasteiger partial charge on any atom is -0.311 e. The Labute approximate surface area is 437 Å². The summed E-state index contributed by atoms with van der Waals surface area (Å²) >= 11 is 0. The molecule has 0 saturated heterocycles. The third-order valence-corrected chi connectivity index (χ3v) is 15.2. The van der Waals surface area contributed by atoms with Gasteiger partial charge in [0.2, 0.25) is 0 Å². The molecule has 0 fully saturated rings. The first-order valence-electron chi connectivity index (χ1n) is 26.0. The summed E-state index contributed by atoms with van der Waals surface area (Å²) in [4.78, 5) is 2.37. The van der Waals surface area contributed by atoms with Gasteiger partial charge >= 0.3 is 0 Å².